The van der Waals surface area contributed by atoms with Gasteiger partial charge in [-0.25, -0.2) is 15.0 Å². The molecule has 4 fully saturated rings. The van der Waals surface area contributed by atoms with Crippen LogP contribution in [-0.4, -0.2) is 72.0 Å². The number of hydrogen-bond acceptors (Lipinski definition) is 9. The number of nitrogens with zero attached hydrogens (tertiary/aromatic N) is 4. The molecule has 8 atom stereocenters. The first-order valence-corrected chi connectivity index (χ1v) is 9.28. The van der Waals surface area contributed by atoms with Crippen molar-refractivity contribution in [2.24, 2.45) is 11.3 Å². The van der Waals surface area contributed by atoms with Gasteiger partial charge in [0, 0.05) is 0 Å². The average Bonchev–Trinajstić information content (AvgIpc) is 2.98. The lowest BCUT2D eigenvalue weighted by molar-refractivity contribution is -0.227. The topological polar surface area (TPSA) is 152 Å². The number of aromatic nitrogens is 4. The number of nitrogens with two attached hydrogens (primary N) is 1. The fourth-order valence-corrected chi connectivity index (χ4v) is 6.01. The van der Waals surface area contributed by atoms with E-state index in [2.05, 4.69) is 15.0 Å². The number of epoxide rings is 1. The van der Waals surface area contributed by atoms with Gasteiger partial charge in [-0.3, -0.25) is 4.57 Å². The highest BCUT2D eigenvalue weighted by atomic mass is 16.6. The molecule has 2 saturated carbocycles. The van der Waals surface area contributed by atoms with Crippen LogP contribution in [0.5, 0.6) is 0 Å². The minimum atomic E-state index is -1.35. The molecule has 27 heavy (non-hydrogen) atoms. The molecule has 0 amide bonds. The number of aliphatic hydroxyl groups excluding tert-OH is 3. The second-order valence-electron chi connectivity index (χ2n) is 8.20. The molecule has 0 spiro atoms. The van der Waals surface area contributed by atoms with Gasteiger partial charge in [0.25, 0.3) is 0 Å². The Morgan fingerprint density at radius 1 is 1.30 bits per heavy atom. The Bertz CT molecular complexity index is 938. The van der Waals surface area contributed by atoms with E-state index in [9.17, 15) is 15.3 Å². The molecule has 2 aromatic rings. The maximum absolute atomic E-state index is 11.3. The van der Waals surface area contributed by atoms with Gasteiger partial charge >= 0.3 is 0 Å². The monoisotopic (exact) mass is 375 g/mol. The molecule has 2 aromatic heterocycles. The van der Waals surface area contributed by atoms with Crippen LogP contribution in [0, 0.1) is 11.3 Å². The van der Waals surface area contributed by atoms with Crippen LogP contribution in [-0.2, 0) is 15.2 Å². The first-order chi connectivity index (χ1) is 13.0. The minimum absolute atomic E-state index is 0.0489. The number of rotatable bonds is 3. The number of fused-ring (bicyclic) bond motifs is 6. The molecule has 2 saturated heterocycles. The third-order valence-electron chi connectivity index (χ3n) is 7.17. The highest BCUT2D eigenvalue weighted by Gasteiger charge is 2.80. The van der Waals surface area contributed by atoms with Crippen molar-refractivity contribution < 1.29 is 24.8 Å². The van der Waals surface area contributed by atoms with Crippen molar-refractivity contribution in [1.82, 2.24) is 19.5 Å². The third-order valence-corrected chi connectivity index (χ3v) is 7.17. The van der Waals surface area contributed by atoms with Gasteiger partial charge in [-0.05, 0) is 25.2 Å². The lowest BCUT2D eigenvalue weighted by Crippen LogP contribution is -2.58. The van der Waals surface area contributed by atoms with Gasteiger partial charge in [-0.1, -0.05) is 0 Å². The Kier molecular flexibility index (Phi) is 2.96. The van der Waals surface area contributed by atoms with Gasteiger partial charge in [0.1, 0.15) is 30.2 Å². The van der Waals surface area contributed by atoms with Gasteiger partial charge in [0.2, 0.25) is 0 Å². The van der Waals surface area contributed by atoms with Crippen LogP contribution in [0.3, 0.4) is 0 Å². The summed E-state index contributed by atoms with van der Waals surface area (Å²) < 4.78 is 13.9. The summed E-state index contributed by atoms with van der Waals surface area (Å²) in [6.07, 6.45) is 2.16. The number of aliphatic hydroxyl groups is 3. The molecular formula is C17H21N5O5. The molecule has 4 unspecified atom stereocenters. The van der Waals surface area contributed by atoms with Crippen LogP contribution >= 0.6 is 0 Å². The van der Waals surface area contributed by atoms with E-state index in [0.717, 1.165) is 19.3 Å². The molecule has 6 rings (SSSR count). The quantitative estimate of drug-likeness (QED) is 0.482. The van der Waals surface area contributed by atoms with Crippen molar-refractivity contribution in [3.05, 3.63) is 12.7 Å². The van der Waals surface area contributed by atoms with Gasteiger partial charge in [0.05, 0.1) is 30.6 Å². The first kappa shape index (κ1) is 16.1. The molecule has 10 nitrogen and oxygen atoms in total. The first-order valence-electron chi connectivity index (χ1n) is 9.28. The molecule has 4 heterocycles. The van der Waals surface area contributed by atoms with Crippen molar-refractivity contribution in [2.75, 3.05) is 12.3 Å². The zero-order valence-corrected chi connectivity index (χ0v) is 14.5. The van der Waals surface area contributed by atoms with Crippen LogP contribution in [0.4, 0.5) is 5.82 Å². The number of nitrogen functional groups attached to an aromatic ring is 1. The molecule has 2 aliphatic heterocycles. The van der Waals surface area contributed by atoms with E-state index in [1.165, 1.54) is 12.7 Å². The van der Waals surface area contributed by atoms with Crippen molar-refractivity contribution in [3.8, 4) is 0 Å². The summed E-state index contributed by atoms with van der Waals surface area (Å²) in [4.78, 5) is 12.6. The normalized spacial score (nSPS) is 47.7. The lowest BCUT2D eigenvalue weighted by atomic mass is 9.71. The van der Waals surface area contributed by atoms with Crippen LogP contribution in [0.1, 0.15) is 19.3 Å². The maximum Gasteiger partial charge on any atom is 0.184 e. The van der Waals surface area contributed by atoms with Crippen molar-refractivity contribution in [1.29, 1.82) is 0 Å². The number of hydrogen-bond donors (Lipinski definition) is 4. The number of anilines is 1. The zero-order valence-electron chi connectivity index (χ0n) is 14.5. The molecule has 4 aliphatic rings. The fraction of sp³-hybridized carbons (Fsp3) is 0.706. The molecule has 0 radical (unpaired) electrons. The van der Waals surface area contributed by atoms with Crippen molar-refractivity contribution in [3.63, 3.8) is 0 Å². The van der Waals surface area contributed by atoms with E-state index in [1.807, 2.05) is 0 Å². The molecule has 10 heteroatoms. The molecule has 2 aliphatic carbocycles. The third kappa shape index (κ3) is 1.67. The summed E-state index contributed by atoms with van der Waals surface area (Å²) in [7, 11) is 0. The van der Waals surface area contributed by atoms with Gasteiger partial charge in [0.15, 0.2) is 17.2 Å². The predicted molar refractivity (Wildman–Crippen MR) is 90.1 cm³/mol. The van der Waals surface area contributed by atoms with Gasteiger partial charge < -0.3 is 30.5 Å². The van der Waals surface area contributed by atoms with E-state index in [0.29, 0.717) is 17.1 Å². The van der Waals surface area contributed by atoms with Crippen LogP contribution in [0.15, 0.2) is 12.7 Å². The van der Waals surface area contributed by atoms with Crippen LogP contribution < -0.4 is 5.73 Å². The van der Waals surface area contributed by atoms with E-state index < -0.39 is 36.1 Å². The Morgan fingerprint density at radius 2 is 2.15 bits per heavy atom. The number of imidazole rings is 1. The molecule has 5 N–H and O–H groups in total. The average molecular weight is 375 g/mol. The highest BCUT2D eigenvalue weighted by Crippen LogP contribution is 2.71. The van der Waals surface area contributed by atoms with Crippen LogP contribution in [0.2, 0.25) is 0 Å². The van der Waals surface area contributed by atoms with E-state index in [4.69, 9.17) is 15.2 Å². The summed E-state index contributed by atoms with van der Waals surface area (Å²) in [6, 6.07) is 0. The molecular weight excluding hydrogens is 354 g/mol. The Hall–Kier alpha value is -1.85. The maximum atomic E-state index is 11.3. The van der Waals surface area contributed by atoms with Crippen molar-refractivity contribution in [2.45, 2.75) is 55.5 Å². The van der Waals surface area contributed by atoms with Gasteiger partial charge in [-0.2, -0.15) is 0 Å². The van der Waals surface area contributed by atoms with Gasteiger partial charge in [-0.15, -0.1) is 0 Å². The lowest BCUT2D eigenvalue weighted by Gasteiger charge is -2.47. The smallest absolute Gasteiger partial charge is 0.184 e. The Labute approximate surface area is 153 Å². The largest absolute Gasteiger partial charge is 0.394 e. The second kappa shape index (κ2) is 4.95. The Balaban J connectivity index is 1.62. The summed E-state index contributed by atoms with van der Waals surface area (Å²) in [5.74, 6) is 0.650. The summed E-state index contributed by atoms with van der Waals surface area (Å²) >= 11 is 0. The molecule has 144 valence electrons. The SMILES string of the molecule is Nc1ncnc2c1ncn2[C@]1(C23CCC(C2)C2OC23)O[C@H](CO)[C@@H](O)[C@H]1O. The van der Waals surface area contributed by atoms with Crippen LogP contribution in [0.25, 0.3) is 11.2 Å². The van der Waals surface area contributed by atoms with E-state index in [1.54, 1.807) is 4.57 Å². The molecule has 2 bridgehead atoms. The minimum Gasteiger partial charge on any atom is -0.394 e. The number of ether oxygens (including phenoxy) is 2. The van der Waals surface area contributed by atoms with E-state index in [-0.39, 0.29) is 18.0 Å². The Morgan fingerprint density at radius 3 is 2.85 bits per heavy atom. The predicted octanol–water partition coefficient (Wildman–Crippen LogP) is -1.26. The highest BCUT2D eigenvalue weighted by molar-refractivity contribution is 5.81. The molecule has 0 aromatic carbocycles. The summed E-state index contributed by atoms with van der Waals surface area (Å²) in [5, 5.41) is 31.6. The summed E-state index contributed by atoms with van der Waals surface area (Å²) in [5.41, 5.74) is 4.90. The second-order valence-corrected chi connectivity index (χ2v) is 8.20. The standard InChI is InChI=1S/C17H21N5O5/c18-14-9-15(20-5-19-14)22(6-21-9)17(12(25)10(24)8(4-23)27-17)16-2-1-7(3-16)11-13(16)26-11/h5-8,10-13,23-25H,1-4H2,(H2,18,19,20)/t7?,8-,10-,11?,12-,13?,16?,17+/m1/s1. The van der Waals surface area contributed by atoms with E-state index >= 15 is 0 Å². The van der Waals surface area contributed by atoms with Crippen molar-refractivity contribution >= 4 is 17.0 Å². The zero-order chi connectivity index (χ0) is 18.6. The fourth-order valence-electron chi connectivity index (χ4n) is 6.01. The summed E-state index contributed by atoms with van der Waals surface area (Å²) in [6.45, 7) is -0.405.